The molecule has 36 heavy (non-hydrogen) atoms. The molecule has 3 heterocycles. The van der Waals surface area contributed by atoms with Crippen molar-refractivity contribution in [3.8, 4) is 11.8 Å². The van der Waals surface area contributed by atoms with Crippen LogP contribution in [0.15, 0.2) is 30.5 Å². The van der Waals surface area contributed by atoms with Gasteiger partial charge in [-0.15, -0.1) is 5.10 Å². The van der Waals surface area contributed by atoms with Gasteiger partial charge in [-0.25, -0.2) is 9.67 Å². The number of piperidine rings is 1. The first kappa shape index (κ1) is 24.4. The molecule has 3 N–H and O–H groups in total. The van der Waals surface area contributed by atoms with Crippen LogP contribution in [0.2, 0.25) is 0 Å². The molecule has 1 aliphatic carbocycles. The van der Waals surface area contributed by atoms with Crippen molar-refractivity contribution < 1.29 is 31.1 Å². The third-order valence-electron chi connectivity index (χ3n) is 6.67. The van der Waals surface area contributed by atoms with E-state index < -0.39 is 36.5 Å². The van der Waals surface area contributed by atoms with E-state index in [1.807, 2.05) is 6.92 Å². The Bertz CT molecular complexity index is 1240. The Hall–Kier alpha value is -3.29. The molecule has 2 aromatic heterocycles. The molecule has 2 aliphatic rings. The first-order chi connectivity index (χ1) is 16.9. The molecule has 1 aromatic carbocycles. The normalized spacial score (nSPS) is 24.4. The number of ether oxygens (including phenoxy) is 1. The van der Waals surface area contributed by atoms with E-state index in [2.05, 4.69) is 20.1 Å². The van der Waals surface area contributed by atoms with Crippen molar-refractivity contribution in [3.05, 3.63) is 47.5 Å². The summed E-state index contributed by atoms with van der Waals surface area (Å²) in [6.07, 6.45) is -6.01. The van der Waals surface area contributed by atoms with Crippen LogP contribution in [0.25, 0.3) is 0 Å². The van der Waals surface area contributed by atoms with Gasteiger partial charge >= 0.3 is 18.4 Å². The maximum Gasteiger partial charge on any atom is 0.416 e. The fraction of sp³-hybridized carbons (Fsp3) is 0.500. The summed E-state index contributed by atoms with van der Waals surface area (Å²) in [6, 6.07) is 2.74. The van der Waals surface area contributed by atoms with Gasteiger partial charge in [0, 0.05) is 30.4 Å². The molecule has 0 amide bonds. The Balaban J connectivity index is 1.53. The molecule has 194 valence electrons. The number of fused-ring (bicyclic) bond motifs is 2. The maximum absolute atomic E-state index is 13.3. The van der Waals surface area contributed by atoms with Crippen LogP contribution in [0.1, 0.15) is 36.0 Å². The van der Waals surface area contributed by atoms with Crippen LogP contribution in [-0.2, 0) is 12.7 Å². The van der Waals surface area contributed by atoms with E-state index in [1.165, 1.54) is 6.07 Å². The second kappa shape index (κ2) is 8.68. The van der Waals surface area contributed by atoms with Gasteiger partial charge in [0.1, 0.15) is 18.1 Å². The van der Waals surface area contributed by atoms with Crippen LogP contribution in [0.4, 0.5) is 32.3 Å². The highest BCUT2D eigenvalue weighted by Crippen LogP contribution is 2.47. The lowest BCUT2D eigenvalue weighted by molar-refractivity contribution is -0.143. The van der Waals surface area contributed by atoms with Crippen molar-refractivity contribution >= 4 is 5.95 Å². The first-order valence-corrected chi connectivity index (χ1v) is 11.3. The van der Waals surface area contributed by atoms with Crippen molar-refractivity contribution in [2.75, 3.05) is 11.4 Å². The van der Waals surface area contributed by atoms with E-state index in [9.17, 15) is 26.3 Å². The number of hydrogen-bond donors (Lipinski definition) is 2. The largest absolute Gasteiger partial charge is 0.424 e. The minimum Gasteiger partial charge on any atom is -0.424 e. The fourth-order valence-corrected chi connectivity index (χ4v) is 5.09. The van der Waals surface area contributed by atoms with Crippen molar-refractivity contribution in [2.45, 2.75) is 50.7 Å². The first-order valence-electron chi connectivity index (χ1n) is 11.3. The average molecular weight is 515 g/mol. The zero-order chi connectivity index (χ0) is 25.8. The molecule has 1 aliphatic heterocycles. The number of rotatable bonds is 5. The molecule has 1 saturated carbocycles. The van der Waals surface area contributed by atoms with E-state index in [1.54, 1.807) is 11.1 Å². The number of benzene rings is 1. The molecule has 0 radical (unpaired) electrons. The van der Waals surface area contributed by atoms with E-state index in [0.29, 0.717) is 23.1 Å². The number of H-pyrrole nitrogens is 1. The quantitative estimate of drug-likeness (QED) is 0.482. The minimum atomic E-state index is -4.67. The van der Waals surface area contributed by atoms with Gasteiger partial charge in [-0.2, -0.15) is 31.3 Å². The fourth-order valence-electron chi connectivity index (χ4n) is 5.09. The molecular weight excluding hydrogens is 492 g/mol. The number of hydrogen-bond acceptors (Lipinski definition) is 6. The summed E-state index contributed by atoms with van der Waals surface area (Å²) in [5.41, 5.74) is 6.25. The Kier molecular flexibility index (Phi) is 5.88. The van der Waals surface area contributed by atoms with Crippen molar-refractivity contribution in [1.82, 2.24) is 24.7 Å². The Morgan fingerprint density at radius 1 is 1.17 bits per heavy atom. The average Bonchev–Trinajstić information content (AvgIpc) is 3.43. The standard InChI is InChI=1S/C22H23F6N7O/c1-11-8-30-18(31-11)17-15-6-5-12(16(15)29)9-34(17)19-32-20(35(33-19)10-21(23,24)25)36-14-4-2-3-13(7-14)22(26,27)28/h2-4,7-8,12,15-17H,5-6,9-10,29H2,1H3,(H,30,31). The molecule has 2 fully saturated rings. The Morgan fingerprint density at radius 3 is 2.61 bits per heavy atom. The lowest BCUT2D eigenvalue weighted by Crippen LogP contribution is -2.51. The van der Waals surface area contributed by atoms with Gasteiger partial charge in [0.25, 0.3) is 0 Å². The zero-order valence-electron chi connectivity index (χ0n) is 19.0. The number of imidazole rings is 1. The van der Waals surface area contributed by atoms with Gasteiger partial charge in [-0.3, -0.25) is 0 Å². The van der Waals surface area contributed by atoms with E-state index in [0.717, 1.165) is 30.7 Å². The van der Waals surface area contributed by atoms with Gasteiger partial charge in [-0.1, -0.05) is 6.07 Å². The smallest absolute Gasteiger partial charge is 0.416 e. The lowest BCUT2D eigenvalue weighted by atomic mass is 9.86. The van der Waals surface area contributed by atoms with Crippen LogP contribution in [-0.4, -0.2) is 43.5 Å². The highest BCUT2D eigenvalue weighted by atomic mass is 19.4. The van der Waals surface area contributed by atoms with E-state index in [4.69, 9.17) is 10.5 Å². The number of anilines is 1. The molecule has 0 spiro atoms. The molecule has 14 heteroatoms. The molecule has 3 aromatic rings. The minimum absolute atomic E-state index is 0.0308. The SMILES string of the molecule is Cc1cnc(C2C3CCC(CN2c2nc(Oc4cccc(C(F)(F)F)c4)n(CC(F)(F)F)n2)C3N)[nH]1. The summed E-state index contributed by atoms with van der Waals surface area (Å²) < 4.78 is 85.2. The van der Waals surface area contributed by atoms with Gasteiger partial charge in [0.05, 0.1) is 11.6 Å². The summed E-state index contributed by atoms with van der Waals surface area (Å²) in [7, 11) is 0. The van der Waals surface area contributed by atoms with Crippen molar-refractivity contribution in [2.24, 2.45) is 17.6 Å². The van der Waals surface area contributed by atoms with Crippen LogP contribution in [0, 0.1) is 18.8 Å². The summed E-state index contributed by atoms with van der Waals surface area (Å²) >= 11 is 0. The second-order valence-corrected chi connectivity index (χ2v) is 9.22. The number of nitrogens with two attached hydrogens (primary N) is 1. The summed E-state index contributed by atoms with van der Waals surface area (Å²) in [6.45, 7) is 0.693. The number of alkyl halides is 6. The molecule has 5 rings (SSSR count). The van der Waals surface area contributed by atoms with Gasteiger partial charge in [-0.05, 0) is 43.9 Å². The Labute approximate surface area is 201 Å². The highest BCUT2D eigenvalue weighted by Gasteiger charge is 2.49. The van der Waals surface area contributed by atoms with Gasteiger partial charge < -0.3 is 20.4 Å². The number of halogens is 6. The Morgan fingerprint density at radius 2 is 1.94 bits per heavy atom. The van der Waals surface area contributed by atoms with Crippen molar-refractivity contribution in [1.29, 1.82) is 0 Å². The number of nitrogens with one attached hydrogen (secondary N) is 1. The monoisotopic (exact) mass is 515 g/mol. The molecular formula is C22H23F6N7O. The summed E-state index contributed by atoms with van der Waals surface area (Å²) in [5, 5.41) is 4.07. The van der Waals surface area contributed by atoms with Gasteiger partial charge in [0.15, 0.2) is 0 Å². The second-order valence-electron chi connectivity index (χ2n) is 9.22. The molecule has 8 nitrogen and oxygen atoms in total. The zero-order valence-corrected chi connectivity index (χ0v) is 19.0. The highest BCUT2D eigenvalue weighted by molar-refractivity contribution is 5.39. The summed E-state index contributed by atoms with van der Waals surface area (Å²) in [5.74, 6) is 0.303. The predicted molar refractivity (Wildman–Crippen MR) is 115 cm³/mol. The van der Waals surface area contributed by atoms with Crippen LogP contribution < -0.4 is 15.4 Å². The third-order valence-corrected chi connectivity index (χ3v) is 6.67. The van der Waals surface area contributed by atoms with Gasteiger partial charge in [0.2, 0.25) is 5.95 Å². The van der Waals surface area contributed by atoms with Crippen LogP contribution >= 0.6 is 0 Å². The van der Waals surface area contributed by atoms with E-state index >= 15 is 0 Å². The maximum atomic E-state index is 13.3. The van der Waals surface area contributed by atoms with Crippen molar-refractivity contribution in [3.63, 3.8) is 0 Å². The third kappa shape index (κ3) is 4.73. The molecule has 4 unspecified atom stereocenters. The number of aromatic amines is 1. The van der Waals surface area contributed by atoms with E-state index in [-0.39, 0.29) is 29.6 Å². The molecule has 4 atom stereocenters. The van der Waals surface area contributed by atoms with Crippen LogP contribution in [0.5, 0.6) is 11.8 Å². The number of aromatic nitrogens is 5. The number of nitrogens with zero attached hydrogens (tertiary/aromatic N) is 5. The van der Waals surface area contributed by atoms with Crippen LogP contribution in [0.3, 0.4) is 0 Å². The summed E-state index contributed by atoms with van der Waals surface area (Å²) in [4.78, 5) is 13.6. The lowest BCUT2D eigenvalue weighted by Gasteiger charge is -2.42. The molecule has 2 bridgehead atoms. The predicted octanol–water partition coefficient (Wildman–Crippen LogP) is 4.60. The molecule has 1 saturated heterocycles. The topological polar surface area (TPSA) is 97.9 Å². The number of aryl methyl sites for hydroxylation is 1.